The molecule has 1 unspecified atom stereocenters. The van der Waals surface area contributed by atoms with Crippen molar-refractivity contribution in [3.8, 4) is 0 Å². The number of nitrogens with zero attached hydrogens (tertiary/aromatic N) is 1. The Balaban J connectivity index is 1.82. The highest BCUT2D eigenvalue weighted by Crippen LogP contribution is 2.35. The van der Waals surface area contributed by atoms with Crippen molar-refractivity contribution in [1.29, 1.82) is 0 Å². The Kier molecular flexibility index (Phi) is 13.1. The first-order valence-electron chi connectivity index (χ1n) is 16.6. The molecule has 1 aliphatic carbocycles. The molecule has 0 radical (unpaired) electrons. The van der Waals surface area contributed by atoms with E-state index in [0.29, 0.717) is 24.9 Å². The highest BCUT2D eigenvalue weighted by Gasteiger charge is 2.46. The maximum Gasteiger partial charge on any atom is 0.316 e. The number of likely N-dealkylation sites (tertiary alicyclic amines) is 1. The fourth-order valence-corrected chi connectivity index (χ4v) is 6.32. The number of hydrogen-bond donors (Lipinski definition) is 4. The number of urea groups is 1. The first-order valence-corrected chi connectivity index (χ1v) is 17.8. The average Bonchev–Trinajstić information content (AvgIpc) is 3.72. The zero-order valence-corrected chi connectivity index (χ0v) is 30.1. The van der Waals surface area contributed by atoms with Crippen LogP contribution in [0.3, 0.4) is 0 Å². The highest BCUT2D eigenvalue weighted by atomic mass is 32.2. The summed E-state index contributed by atoms with van der Waals surface area (Å²) in [6, 6.07) is 2.83. The minimum Gasteiger partial charge on any atom is -0.353 e. The molecule has 1 aromatic rings. The first kappa shape index (κ1) is 38.0. The standard InChI is InChI=1S/C35H53N5O6S/c1-19(2)23-17-26(31(43)37-25(16-21-10-11-21)29(42)32(44)36-8)40(18-23)33(45)30(35(5,6)7)39-34(46)38-27(20(3)4)28(41)22-12-14-24(47-9)15-13-22/h12-15,19-21,23,25-27,30H,10-11,16-18H2,1-9H3,(H,36,44)(H,37,43)(H2,38,39,46)/t23-,25?,26+,27+,30-/m1/s1. The number of likely N-dealkylation sites (N-methyl/N-ethyl adjacent to an activating group) is 1. The molecule has 5 atom stereocenters. The van der Waals surface area contributed by atoms with Gasteiger partial charge in [0.2, 0.25) is 17.6 Å². The van der Waals surface area contributed by atoms with Gasteiger partial charge < -0.3 is 26.2 Å². The fourth-order valence-electron chi connectivity index (χ4n) is 5.91. The van der Waals surface area contributed by atoms with Crippen LogP contribution in [0.4, 0.5) is 4.79 Å². The first-order chi connectivity index (χ1) is 22.0. The van der Waals surface area contributed by atoms with E-state index in [0.717, 1.165) is 17.7 Å². The summed E-state index contributed by atoms with van der Waals surface area (Å²) in [6.45, 7) is 13.5. The van der Waals surface area contributed by atoms with Crippen LogP contribution in [0.15, 0.2) is 29.2 Å². The van der Waals surface area contributed by atoms with Crippen LogP contribution >= 0.6 is 11.8 Å². The second kappa shape index (κ2) is 16.1. The third-order valence-electron chi connectivity index (χ3n) is 9.21. The molecule has 2 fully saturated rings. The van der Waals surface area contributed by atoms with Crippen LogP contribution in [-0.4, -0.2) is 84.2 Å². The van der Waals surface area contributed by atoms with Gasteiger partial charge in [0.05, 0.1) is 12.1 Å². The van der Waals surface area contributed by atoms with Gasteiger partial charge in [-0.15, -0.1) is 11.8 Å². The van der Waals surface area contributed by atoms with Crippen molar-refractivity contribution >= 4 is 47.1 Å². The van der Waals surface area contributed by atoms with Crippen LogP contribution in [0.5, 0.6) is 0 Å². The normalized spacial score (nSPS) is 19.9. The zero-order valence-electron chi connectivity index (χ0n) is 29.3. The number of nitrogens with one attached hydrogen (secondary N) is 4. The van der Waals surface area contributed by atoms with Gasteiger partial charge in [-0.2, -0.15) is 0 Å². The molecule has 260 valence electrons. The van der Waals surface area contributed by atoms with Crippen molar-refractivity contribution in [2.45, 2.75) is 103 Å². The van der Waals surface area contributed by atoms with Gasteiger partial charge in [0.1, 0.15) is 12.1 Å². The summed E-state index contributed by atoms with van der Waals surface area (Å²) in [5.74, 6) is -2.39. The van der Waals surface area contributed by atoms with E-state index in [1.807, 2.05) is 66.9 Å². The summed E-state index contributed by atoms with van der Waals surface area (Å²) >= 11 is 1.57. The van der Waals surface area contributed by atoms with Crippen molar-refractivity contribution in [2.75, 3.05) is 19.8 Å². The SMILES string of the molecule is CNC(=O)C(=O)C(CC1CC1)NC(=O)[C@@H]1C[C@@H](C(C)C)CN1C(=O)[C@@H](NC(=O)N[C@H](C(=O)c1ccc(SC)cc1)C(C)C)C(C)(C)C. The Hall–Kier alpha value is -3.41. The van der Waals surface area contributed by atoms with Gasteiger partial charge in [0.25, 0.3) is 5.91 Å². The molecule has 11 nitrogen and oxygen atoms in total. The minimum absolute atomic E-state index is 0.0149. The number of carbonyl (C=O) groups excluding carboxylic acids is 6. The zero-order chi connectivity index (χ0) is 35.2. The Bertz CT molecular complexity index is 1320. The molecule has 0 bridgehead atoms. The van der Waals surface area contributed by atoms with Crippen molar-refractivity contribution in [2.24, 2.45) is 29.1 Å². The van der Waals surface area contributed by atoms with E-state index in [9.17, 15) is 28.8 Å². The summed E-state index contributed by atoms with van der Waals surface area (Å²) in [6.07, 6.45) is 4.58. The lowest BCUT2D eigenvalue weighted by Gasteiger charge is -2.36. The molecule has 1 heterocycles. The third-order valence-corrected chi connectivity index (χ3v) is 9.95. The Morgan fingerprint density at radius 2 is 1.55 bits per heavy atom. The van der Waals surface area contributed by atoms with Crippen LogP contribution in [0, 0.1) is 29.1 Å². The van der Waals surface area contributed by atoms with E-state index in [-0.39, 0.29) is 29.5 Å². The van der Waals surface area contributed by atoms with Gasteiger partial charge in [-0.3, -0.25) is 24.0 Å². The Morgan fingerprint density at radius 3 is 2.04 bits per heavy atom. The molecule has 1 saturated heterocycles. The average molecular weight is 672 g/mol. The molecule has 12 heteroatoms. The van der Waals surface area contributed by atoms with Crippen LogP contribution < -0.4 is 21.3 Å². The van der Waals surface area contributed by atoms with Gasteiger partial charge in [0.15, 0.2) is 5.78 Å². The number of thioether (sulfide) groups is 1. The predicted octanol–water partition coefficient (Wildman–Crippen LogP) is 3.80. The van der Waals surface area contributed by atoms with Crippen molar-refractivity contribution in [1.82, 2.24) is 26.2 Å². The quantitative estimate of drug-likeness (QED) is 0.133. The summed E-state index contributed by atoms with van der Waals surface area (Å²) < 4.78 is 0. The van der Waals surface area contributed by atoms with Gasteiger partial charge >= 0.3 is 6.03 Å². The molecule has 1 aliphatic heterocycles. The molecule has 2 aliphatic rings. The van der Waals surface area contributed by atoms with Gasteiger partial charge in [-0.1, -0.05) is 73.4 Å². The molecule has 4 N–H and O–H groups in total. The summed E-state index contributed by atoms with van der Waals surface area (Å²) in [7, 11) is 1.37. The number of hydrogen-bond acceptors (Lipinski definition) is 7. The van der Waals surface area contributed by atoms with Crippen molar-refractivity contribution < 1.29 is 28.8 Å². The van der Waals surface area contributed by atoms with E-state index in [4.69, 9.17) is 0 Å². The third kappa shape index (κ3) is 10.0. The number of benzene rings is 1. The fraction of sp³-hybridized carbons (Fsp3) is 0.657. The monoisotopic (exact) mass is 671 g/mol. The van der Waals surface area contributed by atoms with Crippen molar-refractivity contribution in [3.63, 3.8) is 0 Å². The molecule has 3 rings (SSSR count). The number of rotatable bonds is 14. The largest absolute Gasteiger partial charge is 0.353 e. The minimum atomic E-state index is -1.03. The molecule has 1 saturated carbocycles. The summed E-state index contributed by atoms with van der Waals surface area (Å²) in [4.78, 5) is 82.6. The lowest BCUT2D eigenvalue weighted by Crippen LogP contribution is -2.61. The number of amides is 5. The van der Waals surface area contributed by atoms with Crippen LogP contribution in [0.25, 0.3) is 0 Å². The van der Waals surface area contributed by atoms with Gasteiger partial charge in [0, 0.05) is 24.1 Å². The van der Waals surface area contributed by atoms with E-state index in [1.54, 1.807) is 23.9 Å². The number of ketones is 2. The maximum absolute atomic E-state index is 14.3. The molecule has 5 amide bonds. The van der Waals surface area contributed by atoms with E-state index in [2.05, 4.69) is 21.3 Å². The summed E-state index contributed by atoms with van der Waals surface area (Å²) in [5, 5.41) is 10.8. The summed E-state index contributed by atoms with van der Waals surface area (Å²) in [5.41, 5.74) is -0.272. The van der Waals surface area contributed by atoms with E-state index < -0.39 is 59.1 Å². The van der Waals surface area contributed by atoms with E-state index in [1.165, 1.54) is 11.9 Å². The maximum atomic E-state index is 14.3. The predicted molar refractivity (Wildman–Crippen MR) is 183 cm³/mol. The Labute approximate surface area is 283 Å². The topological polar surface area (TPSA) is 154 Å². The van der Waals surface area contributed by atoms with Crippen molar-refractivity contribution in [3.05, 3.63) is 29.8 Å². The lowest BCUT2D eigenvalue weighted by atomic mass is 9.85. The van der Waals surface area contributed by atoms with Gasteiger partial charge in [-0.25, -0.2) is 4.79 Å². The lowest BCUT2D eigenvalue weighted by molar-refractivity contribution is -0.143. The van der Waals surface area contributed by atoms with Gasteiger partial charge in [-0.05, 0) is 60.3 Å². The molecule has 1 aromatic carbocycles. The number of Topliss-reactive ketones (excluding diaryl/α,β-unsaturated/α-hetero) is 2. The number of carbonyl (C=O) groups is 6. The van der Waals surface area contributed by atoms with Crippen LogP contribution in [0.2, 0.25) is 0 Å². The Morgan fingerprint density at radius 1 is 0.936 bits per heavy atom. The van der Waals surface area contributed by atoms with Crippen LogP contribution in [-0.2, 0) is 19.2 Å². The molecular weight excluding hydrogens is 618 g/mol. The molecule has 0 aromatic heterocycles. The van der Waals surface area contributed by atoms with E-state index >= 15 is 0 Å². The molecule has 47 heavy (non-hydrogen) atoms. The molecule has 0 spiro atoms. The highest BCUT2D eigenvalue weighted by molar-refractivity contribution is 7.98. The second-order valence-electron chi connectivity index (χ2n) is 14.7. The smallest absolute Gasteiger partial charge is 0.316 e. The second-order valence-corrected chi connectivity index (χ2v) is 15.5. The molecular formula is C35H53N5O6S. The van der Waals surface area contributed by atoms with Crippen LogP contribution in [0.1, 0.15) is 84.5 Å².